The molecule has 2 heterocycles. The average molecular weight is 352 g/mol. The van der Waals surface area contributed by atoms with E-state index in [0.29, 0.717) is 11.7 Å². The van der Waals surface area contributed by atoms with Crippen molar-refractivity contribution in [3.63, 3.8) is 0 Å². The number of nitrogens with one attached hydrogen (secondary N) is 2. The molecule has 0 atom stereocenters. The second-order valence-electron chi connectivity index (χ2n) is 5.71. The summed E-state index contributed by atoms with van der Waals surface area (Å²) in [5, 5.41) is 4.32. The zero-order valence-electron chi connectivity index (χ0n) is 13.0. The Kier molecular flexibility index (Phi) is 5.15. The molecule has 0 aliphatic carbocycles. The first-order chi connectivity index (χ1) is 11.1. The molecule has 3 rings (SSSR count). The molecule has 7 heteroatoms. The molecule has 0 unspecified atom stereocenters. The van der Waals surface area contributed by atoms with Gasteiger partial charge in [0.2, 0.25) is 0 Å². The maximum absolute atomic E-state index is 12.1. The lowest BCUT2D eigenvalue weighted by Gasteiger charge is -2.33. The minimum Gasteiger partial charge on any atom is -0.360 e. The fourth-order valence-electron chi connectivity index (χ4n) is 2.71. The Hall–Kier alpha value is -1.63. The number of aryl methyl sites for hydroxylation is 1. The van der Waals surface area contributed by atoms with E-state index in [9.17, 15) is 4.79 Å². The van der Waals surface area contributed by atoms with Crippen LogP contribution in [0.3, 0.4) is 0 Å². The summed E-state index contributed by atoms with van der Waals surface area (Å²) >= 11 is 7.43. The highest BCUT2D eigenvalue weighted by Crippen LogP contribution is 2.18. The fraction of sp³-hybridized carbons (Fsp3) is 0.375. The van der Waals surface area contributed by atoms with E-state index >= 15 is 0 Å². The van der Waals surface area contributed by atoms with Gasteiger partial charge in [-0.3, -0.25) is 10.1 Å². The number of hydrogen-bond acceptors (Lipinski definition) is 4. The van der Waals surface area contributed by atoms with Crippen LogP contribution in [0.2, 0.25) is 5.02 Å². The van der Waals surface area contributed by atoms with Crippen molar-refractivity contribution in [3.8, 4) is 0 Å². The van der Waals surface area contributed by atoms with E-state index in [-0.39, 0.29) is 5.91 Å². The molecule has 1 amide bonds. The zero-order chi connectivity index (χ0) is 16.2. The molecule has 1 fully saturated rings. The van der Waals surface area contributed by atoms with Gasteiger partial charge in [-0.2, -0.15) is 0 Å². The third kappa shape index (κ3) is 4.43. The Morgan fingerprint density at radius 3 is 2.65 bits per heavy atom. The number of carbonyl (C=O) groups is 1. The molecule has 0 saturated carbocycles. The van der Waals surface area contributed by atoms with Crippen molar-refractivity contribution in [2.75, 3.05) is 42.9 Å². The Morgan fingerprint density at radius 2 is 2.04 bits per heavy atom. The van der Waals surface area contributed by atoms with Gasteiger partial charge in [0.15, 0.2) is 11.7 Å². The zero-order valence-corrected chi connectivity index (χ0v) is 14.6. The second kappa shape index (κ2) is 7.29. The minimum atomic E-state index is 0.0364. The highest BCUT2D eigenvalue weighted by atomic mass is 35.5. The van der Waals surface area contributed by atoms with Crippen LogP contribution in [-0.4, -0.2) is 43.6 Å². The van der Waals surface area contributed by atoms with E-state index < -0.39 is 0 Å². The number of piperazine rings is 1. The van der Waals surface area contributed by atoms with Crippen molar-refractivity contribution in [2.24, 2.45) is 0 Å². The Balaban J connectivity index is 1.47. The molecule has 1 aromatic carbocycles. The number of thiazole rings is 1. The van der Waals surface area contributed by atoms with Crippen molar-refractivity contribution in [1.82, 2.24) is 4.98 Å². The topological polar surface area (TPSA) is 49.7 Å². The smallest absolute Gasteiger partial charge is 0.281 e. The van der Waals surface area contributed by atoms with Gasteiger partial charge in [0, 0.05) is 21.8 Å². The molecule has 5 nitrogen and oxygen atoms in total. The molecule has 23 heavy (non-hydrogen) atoms. The lowest BCUT2D eigenvalue weighted by molar-refractivity contribution is -0.892. The first-order valence-electron chi connectivity index (χ1n) is 7.66. The molecule has 1 aromatic heterocycles. The SMILES string of the molecule is Cc1cnc(NC(=O)C[NH+]2CCN(c3ccc(Cl)cc3)CC2)s1. The van der Waals surface area contributed by atoms with Gasteiger partial charge in [0.1, 0.15) is 0 Å². The quantitative estimate of drug-likeness (QED) is 0.876. The number of hydrogen-bond donors (Lipinski definition) is 2. The molecule has 0 bridgehead atoms. The third-order valence-electron chi connectivity index (χ3n) is 3.94. The summed E-state index contributed by atoms with van der Waals surface area (Å²) in [6.07, 6.45) is 1.78. The molecular weight excluding hydrogens is 332 g/mol. The summed E-state index contributed by atoms with van der Waals surface area (Å²) in [4.78, 5) is 21.0. The lowest BCUT2D eigenvalue weighted by Crippen LogP contribution is -3.15. The van der Waals surface area contributed by atoms with Crippen molar-refractivity contribution >= 4 is 39.7 Å². The number of benzene rings is 1. The average Bonchev–Trinajstić information content (AvgIpc) is 2.94. The first kappa shape index (κ1) is 16.2. The van der Waals surface area contributed by atoms with Crippen LogP contribution in [0.1, 0.15) is 4.88 Å². The van der Waals surface area contributed by atoms with Crippen molar-refractivity contribution in [1.29, 1.82) is 0 Å². The standard InChI is InChI=1S/C16H19ClN4OS/c1-12-10-18-16(23-12)19-15(22)11-20-6-8-21(9-7-20)14-4-2-13(17)3-5-14/h2-5,10H,6-9,11H2,1H3,(H,18,19,22)/p+1. The van der Waals surface area contributed by atoms with Crippen LogP contribution in [0, 0.1) is 6.92 Å². The van der Waals surface area contributed by atoms with Crippen molar-refractivity contribution < 1.29 is 9.69 Å². The van der Waals surface area contributed by atoms with Gasteiger partial charge < -0.3 is 9.80 Å². The van der Waals surface area contributed by atoms with Gasteiger partial charge in [-0.05, 0) is 31.2 Å². The minimum absolute atomic E-state index is 0.0364. The number of nitrogens with zero attached hydrogens (tertiary/aromatic N) is 2. The van der Waals surface area contributed by atoms with Crippen LogP contribution in [-0.2, 0) is 4.79 Å². The fourth-order valence-corrected chi connectivity index (χ4v) is 3.52. The molecule has 2 aromatic rings. The number of rotatable bonds is 4. The van der Waals surface area contributed by atoms with Crippen molar-refractivity contribution in [2.45, 2.75) is 6.92 Å². The first-order valence-corrected chi connectivity index (χ1v) is 8.86. The summed E-state index contributed by atoms with van der Waals surface area (Å²) in [6.45, 7) is 6.27. The van der Waals surface area contributed by atoms with Crippen LogP contribution in [0.5, 0.6) is 0 Å². The highest BCUT2D eigenvalue weighted by molar-refractivity contribution is 7.15. The van der Waals surface area contributed by atoms with Crippen LogP contribution >= 0.6 is 22.9 Å². The molecule has 0 spiro atoms. The number of quaternary nitrogens is 1. The maximum atomic E-state index is 12.1. The van der Waals surface area contributed by atoms with Crippen LogP contribution in [0.4, 0.5) is 10.8 Å². The Bertz CT molecular complexity index is 665. The van der Waals surface area contributed by atoms with E-state index in [1.165, 1.54) is 21.9 Å². The molecule has 2 N–H and O–H groups in total. The van der Waals surface area contributed by atoms with E-state index in [2.05, 4.69) is 15.2 Å². The van der Waals surface area contributed by atoms with Crippen LogP contribution in [0.25, 0.3) is 0 Å². The lowest BCUT2D eigenvalue weighted by atomic mass is 10.2. The summed E-state index contributed by atoms with van der Waals surface area (Å²) in [6, 6.07) is 7.93. The summed E-state index contributed by atoms with van der Waals surface area (Å²) in [5.74, 6) is 0.0364. The number of aromatic nitrogens is 1. The van der Waals surface area contributed by atoms with Crippen LogP contribution in [0.15, 0.2) is 30.5 Å². The maximum Gasteiger partial charge on any atom is 0.281 e. The van der Waals surface area contributed by atoms with Gasteiger partial charge in [0.25, 0.3) is 5.91 Å². The Morgan fingerprint density at radius 1 is 1.35 bits per heavy atom. The van der Waals surface area contributed by atoms with Crippen molar-refractivity contribution in [3.05, 3.63) is 40.4 Å². The predicted octanol–water partition coefficient (Wildman–Crippen LogP) is 1.45. The van der Waals surface area contributed by atoms with Gasteiger partial charge in [-0.15, -0.1) is 11.3 Å². The van der Waals surface area contributed by atoms with Gasteiger partial charge >= 0.3 is 0 Å². The second-order valence-corrected chi connectivity index (χ2v) is 7.39. The monoisotopic (exact) mass is 351 g/mol. The van der Waals surface area contributed by atoms with E-state index in [4.69, 9.17) is 11.6 Å². The van der Waals surface area contributed by atoms with Gasteiger partial charge in [-0.25, -0.2) is 4.98 Å². The normalized spacial score (nSPS) is 15.7. The molecule has 1 saturated heterocycles. The van der Waals surface area contributed by atoms with E-state index in [1.807, 2.05) is 31.2 Å². The molecule has 1 aliphatic heterocycles. The third-order valence-corrected chi connectivity index (χ3v) is 5.02. The molecular formula is C16H20ClN4OS+. The van der Waals surface area contributed by atoms with E-state index in [1.54, 1.807) is 6.20 Å². The molecule has 122 valence electrons. The number of halogens is 1. The Labute approximate surface area is 144 Å². The number of anilines is 2. The largest absolute Gasteiger partial charge is 0.360 e. The summed E-state index contributed by atoms with van der Waals surface area (Å²) in [7, 11) is 0. The molecule has 0 radical (unpaired) electrons. The predicted molar refractivity (Wildman–Crippen MR) is 94.7 cm³/mol. The van der Waals surface area contributed by atoms with Gasteiger partial charge in [-0.1, -0.05) is 11.6 Å². The van der Waals surface area contributed by atoms with E-state index in [0.717, 1.165) is 36.1 Å². The number of amides is 1. The highest BCUT2D eigenvalue weighted by Gasteiger charge is 2.22. The summed E-state index contributed by atoms with van der Waals surface area (Å²) < 4.78 is 0. The molecule has 1 aliphatic rings. The summed E-state index contributed by atoms with van der Waals surface area (Å²) in [5.41, 5.74) is 1.19. The number of carbonyl (C=O) groups excluding carboxylic acids is 1. The van der Waals surface area contributed by atoms with Gasteiger partial charge in [0.05, 0.1) is 26.2 Å². The van der Waals surface area contributed by atoms with Crippen LogP contribution < -0.4 is 15.1 Å².